The predicted octanol–water partition coefficient (Wildman–Crippen LogP) is 2.79. The highest BCUT2D eigenvalue weighted by molar-refractivity contribution is 5.51. The lowest BCUT2D eigenvalue weighted by Gasteiger charge is -2.23. The van der Waals surface area contributed by atoms with E-state index < -0.39 is 0 Å². The summed E-state index contributed by atoms with van der Waals surface area (Å²) in [5.41, 5.74) is 1.80. The van der Waals surface area contributed by atoms with Gasteiger partial charge in [-0.1, -0.05) is 33.8 Å². The summed E-state index contributed by atoms with van der Waals surface area (Å²) < 4.78 is 5.18. The number of aliphatic hydroxyl groups is 1. The second-order valence-electron chi connectivity index (χ2n) is 5.45. The van der Waals surface area contributed by atoms with Crippen molar-refractivity contribution >= 4 is 0 Å². The summed E-state index contributed by atoms with van der Waals surface area (Å²) in [5.74, 6) is 0.487. The first-order valence-corrected chi connectivity index (χ1v) is 5.83. The Labute approximate surface area is 103 Å². The molecule has 0 aliphatic heterocycles. The summed E-state index contributed by atoms with van der Waals surface area (Å²) in [6.45, 7) is 8.19. The molecule has 0 saturated heterocycles. The summed E-state index contributed by atoms with van der Waals surface area (Å²) in [4.78, 5) is 0. The van der Waals surface area contributed by atoms with Gasteiger partial charge in [0, 0.05) is 18.1 Å². The predicted molar refractivity (Wildman–Crippen MR) is 68.9 cm³/mol. The molecule has 2 N–H and O–H groups in total. The van der Waals surface area contributed by atoms with E-state index in [4.69, 9.17) is 4.74 Å². The molecule has 0 bridgehead atoms. The number of phenols is 1. The van der Waals surface area contributed by atoms with Crippen LogP contribution >= 0.6 is 0 Å². The lowest BCUT2D eigenvalue weighted by molar-refractivity contribution is 0.269. The van der Waals surface area contributed by atoms with Crippen LogP contribution in [0.25, 0.3) is 0 Å². The fourth-order valence-electron chi connectivity index (χ4n) is 1.69. The molecule has 0 aliphatic rings. The molecule has 0 radical (unpaired) electrons. The molecule has 0 amide bonds. The zero-order valence-corrected chi connectivity index (χ0v) is 11.2. The van der Waals surface area contributed by atoms with Gasteiger partial charge < -0.3 is 14.9 Å². The van der Waals surface area contributed by atoms with Crippen molar-refractivity contribution in [3.8, 4) is 11.5 Å². The van der Waals surface area contributed by atoms with E-state index in [2.05, 4.69) is 20.8 Å². The van der Waals surface area contributed by atoms with E-state index in [1.54, 1.807) is 0 Å². The summed E-state index contributed by atoms with van der Waals surface area (Å²) in [6.07, 6.45) is 0. The summed E-state index contributed by atoms with van der Waals surface area (Å²) in [6, 6.07) is 3.79. The maximum Gasteiger partial charge on any atom is 0.161 e. The standard InChI is InChI=1S/C14H22O3/c1-9(8-15)11-6-10(14(2,3)4)7-12(17-5)13(11)16/h6-7,9,15-16H,8H2,1-5H3. The quantitative estimate of drug-likeness (QED) is 0.851. The highest BCUT2D eigenvalue weighted by atomic mass is 16.5. The molecule has 17 heavy (non-hydrogen) atoms. The zero-order chi connectivity index (χ0) is 13.2. The number of hydrogen-bond acceptors (Lipinski definition) is 3. The summed E-state index contributed by atoms with van der Waals surface area (Å²) in [5, 5.41) is 19.3. The van der Waals surface area contributed by atoms with Crippen molar-refractivity contribution in [2.45, 2.75) is 39.0 Å². The van der Waals surface area contributed by atoms with Gasteiger partial charge in [-0.05, 0) is 17.0 Å². The molecule has 0 aromatic heterocycles. The Bertz CT molecular complexity index is 391. The SMILES string of the molecule is COc1cc(C(C)(C)C)cc(C(C)CO)c1O. The minimum Gasteiger partial charge on any atom is -0.504 e. The van der Waals surface area contributed by atoms with Crippen molar-refractivity contribution < 1.29 is 14.9 Å². The highest BCUT2D eigenvalue weighted by Crippen LogP contribution is 2.39. The molecule has 0 fully saturated rings. The number of ether oxygens (including phenoxy) is 1. The maximum atomic E-state index is 10.0. The summed E-state index contributed by atoms with van der Waals surface area (Å²) in [7, 11) is 1.54. The molecular formula is C14H22O3. The molecule has 0 spiro atoms. The number of phenolic OH excluding ortho intramolecular Hbond substituents is 1. The Morgan fingerprint density at radius 2 is 1.88 bits per heavy atom. The molecular weight excluding hydrogens is 216 g/mol. The van der Waals surface area contributed by atoms with E-state index in [1.165, 1.54) is 7.11 Å². The fraction of sp³-hybridized carbons (Fsp3) is 0.571. The minimum atomic E-state index is -0.105. The molecule has 0 aliphatic carbocycles. The number of benzene rings is 1. The third-order valence-electron chi connectivity index (χ3n) is 3.00. The Morgan fingerprint density at radius 3 is 2.29 bits per heavy atom. The first-order chi connectivity index (χ1) is 7.81. The van der Waals surface area contributed by atoms with E-state index in [9.17, 15) is 10.2 Å². The topological polar surface area (TPSA) is 49.7 Å². The third-order valence-corrected chi connectivity index (χ3v) is 3.00. The monoisotopic (exact) mass is 238 g/mol. The van der Waals surface area contributed by atoms with Crippen molar-refractivity contribution in [1.29, 1.82) is 0 Å². The average molecular weight is 238 g/mol. The average Bonchev–Trinajstić information content (AvgIpc) is 2.26. The lowest BCUT2D eigenvalue weighted by Crippen LogP contribution is -2.13. The fourth-order valence-corrected chi connectivity index (χ4v) is 1.69. The van der Waals surface area contributed by atoms with Crippen LogP contribution in [0, 0.1) is 0 Å². The molecule has 3 heteroatoms. The Morgan fingerprint density at radius 1 is 1.29 bits per heavy atom. The van der Waals surface area contributed by atoms with Gasteiger partial charge in [-0.3, -0.25) is 0 Å². The van der Waals surface area contributed by atoms with Gasteiger partial charge in [-0.15, -0.1) is 0 Å². The molecule has 1 aromatic carbocycles. The van der Waals surface area contributed by atoms with Crippen LogP contribution in [-0.2, 0) is 5.41 Å². The Kier molecular flexibility index (Phi) is 4.04. The van der Waals surface area contributed by atoms with Gasteiger partial charge in [0.1, 0.15) is 0 Å². The third kappa shape index (κ3) is 2.91. The van der Waals surface area contributed by atoms with Crippen LogP contribution in [0.4, 0.5) is 0 Å². The van der Waals surface area contributed by atoms with Gasteiger partial charge in [0.2, 0.25) is 0 Å². The van der Waals surface area contributed by atoms with Gasteiger partial charge in [-0.25, -0.2) is 0 Å². The molecule has 1 atom stereocenters. The first-order valence-electron chi connectivity index (χ1n) is 5.83. The molecule has 0 saturated carbocycles. The van der Waals surface area contributed by atoms with Crippen molar-refractivity contribution in [2.24, 2.45) is 0 Å². The van der Waals surface area contributed by atoms with Crippen molar-refractivity contribution in [2.75, 3.05) is 13.7 Å². The van der Waals surface area contributed by atoms with Gasteiger partial charge >= 0.3 is 0 Å². The van der Waals surface area contributed by atoms with Crippen LogP contribution < -0.4 is 4.74 Å². The maximum absolute atomic E-state index is 10.0. The van der Waals surface area contributed by atoms with Crippen LogP contribution in [0.3, 0.4) is 0 Å². The second kappa shape index (κ2) is 4.96. The second-order valence-corrected chi connectivity index (χ2v) is 5.45. The molecule has 1 rings (SSSR count). The lowest BCUT2D eigenvalue weighted by atomic mass is 9.84. The molecule has 3 nitrogen and oxygen atoms in total. The minimum absolute atomic E-state index is 0.00428. The smallest absolute Gasteiger partial charge is 0.161 e. The normalized spacial score (nSPS) is 13.5. The number of methoxy groups -OCH3 is 1. The molecule has 96 valence electrons. The molecule has 1 aromatic rings. The zero-order valence-electron chi connectivity index (χ0n) is 11.2. The van der Waals surface area contributed by atoms with Crippen LogP contribution in [-0.4, -0.2) is 23.9 Å². The molecule has 1 unspecified atom stereocenters. The van der Waals surface area contributed by atoms with Crippen LogP contribution in [0.1, 0.15) is 44.7 Å². The van der Waals surface area contributed by atoms with E-state index in [0.29, 0.717) is 5.75 Å². The Hall–Kier alpha value is -1.22. The first kappa shape index (κ1) is 13.8. The van der Waals surface area contributed by atoms with E-state index in [1.807, 2.05) is 19.1 Å². The number of hydrogen-bond donors (Lipinski definition) is 2. The molecule has 0 heterocycles. The van der Waals surface area contributed by atoms with Gasteiger partial charge in [-0.2, -0.15) is 0 Å². The van der Waals surface area contributed by atoms with E-state index in [0.717, 1.165) is 11.1 Å². The van der Waals surface area contributed by atoms with Crippen LogP contribution in [0.5, 0.6) is 11.5 Å². The van der Waals surface area contributed by atoms with Crippen molar-refractivity contribution in [3.63, 3.8) is 0 Å². The van der Waals surface area contributed by atoms with Crippen LogP contribution in [0.15, 0.2) is 12.1 Å². The summed E-state index contributed by atoms with van der Waals surface area (Å²) >= 11 is 0. The largest absolute Gasteiger partial charge is 0.504 e. The van der Waals surface area contributed by atoms with Gasteiger partial charge in [0.05, 0.1) is 7.11 Å². The number of aromatic hydroxyl groups is 1. The van der Waals surface area contributed by atoms with Crippen molar-refractivity contribution in [1.82, 2.24) is 0 Å². The van der Waals surface area contributed by atoms with Crippen LogP contribution in [0.2, 0.25) is 0 Å². The van der Waals surface area contributed by atoms with Gasteiger partial charge in [0.25, 0.3) is 0 Å². The Balaban J connectivity index is 3.39. The van der Waals surface area contributed by atoms with Crippen molar-refractivity contribution in [3.05, 3.63) is 23.3 Å². The van der Waals surface area contributed by atoms with E-state index in [-0.39, 0.29) is 23.7 Å². The van der Waals surface area contributed by atoms with Gasteiger partial charge in [0.15, 0.2) is 11.5 Å². The highest BCUT2D eigenvalue weighted by Gasteiger charge is 2.21. The number of aliphatic hydroxyl groups excluding tert-OH is 1. The number of rotatable bonds is 3. The van der Waals surface area contributed by atoms with E-state index >= 15 is 0 Å².